The lowest BCUT2D eigenvalue weighted by Crippen LogP contribution is -2.59. The summed E-state index contributed by atoms with van der Waals surface area (Å²) in [5, 5.41) is 21.5. The minimum Gasteiger partial charge on any atom is -0.496 e. The normalized spacial score (nSPS) is 23.8. The number of carbonyl (C=O) groups is 2. The van der Waals surface area contributed by atoms with Crippen molar-refractivity contribution in [2.75, 3.05) is 21.2 Å². The van der Waals surface area contributed by atoms with Crippen molar-refractivity contribution in [3.05, 3.63) is 103 Å². The standard InChI is InChI=1S/C34H30BrN3O7/c1-16-21-14-19(35)10-11-20(21)29(43-4)22-12-18-13-23-27(38(2)3)30-26(33(37-45-30)44-15-17-8-6-5-7-9-17)32(40)34(23,41)31(36-42)25(18)28(39)24(16)22/h5-11,14,18,23,27,41H,12-13,15H2,1-4H3. The molecule has 4 unspecified atom stereocenters. The molecule has 3 aliphatic rings. The van der Waals surface area contributed by atoms with Gasteiger partial charge >= 0.3 is 0 Å². The molecule has 4 aromatic rings. The van der Waals surface area contributed by atoms with Gasteiger partial charge in [0.2, 0.25) is 5.78 Å². The quantitative estimate of drug-likeness (QED) is 0.241. The highest BCUT2D eigenvalue weighted by Crippen LogP contribution is 2.58. The molecule has 0 amide bonds. The SMILES string of the molecule is COc1c2c(c(C)c3cc(Br)ccc13)C(=O)C1=C(N=O)C3(O)C(=O)c4c(OCc5ccccc5)noc4C(N(C)C)C3CC1C2. The zero-order chi connectivity index (χ0) is 31.8. The number of allylic oxidation sites excluding steroid dienone is 1. The summed E-state index contributed by atoms with van der Waals surface area (Å²) >= 11 is 3.52. The van der Waals surface area contributed by atoms with Crippen LogP contribution < -0.4 is 9.47 Å². The number of nitroso groups, excluding NO2 is 1. The van der Waals surface area contributed by atoms with E-state index >= 15 is 0 Å². The fourth-order valence-corrected chi connectivity index (χ4v) is 8.03. The van der Waals surface area contributed by atoms with Crippen molar-refractivity contribution in [1.29, 1.82) is 0 Å². The van der Waals surface area contributed by atoms with E-state index < -0.39 is 40.7 Å². The van der Waals surface area contributed by atoms with Gasteiger partial charge in [0.15, 0.2) is 17.1 Å². The molecule has 45 heavy (non-hydrogen) atoms. The van der Waals surface area contributed by atoms with Gasteiger partial charge in [0.1, 0.15) is 23.6 Å². The molecule has 10 nitrogen and oxygen atoms in total. The molecule has 3 aliphatic carbocycles. The number of methoxy groups -OCH3 is 1. The smallest absolute Gasteiger partial charge is 0.265 e. The summed E-state index contributed by atoms with van der Waals surface area (Å²) in [5.74, 6) is -1.88. The van der Waals surface area contributed by atoms with Gasteiger partial charge in [-0.3, -0.25) is 14.5 Å². The zero-order valence-corrected chi connectivity index (χ0v) is 26.7. The molecule has 4 atom stereocenters. The average Bonchev–Trinajstić information content (AvgIpc) is 3.44. The van der Waals surface area contributed by atoms with Crippen molar-refractivity contribution in [3.8, 4) is 11.6 Å². The number of aryl methyl sites for hydroxylation is 1. The first kappa shape index (κ1) is 29.5. The molecule has 0 radical (unpaired) electrons. The van der Waals surface area contributed by atoms with Crippen LogP contribution in [0, 0.1) is 23.7 Å². The number of Topliss-reactive ketones (excluding diaryl/α,β-unsaturated/α-hetero) is 2. The second-order valence-electron chi connectivity index (χ2n) is 12.1. The molecule has 1 N–H and O–H groups in total. The van der Waals surface area contributed by atoms with Crippen LogP contribution in [0.5, 0.6) is 11.6 Å². The van der Waals surface area contributed by atoms with Crippen molar-refractivity contribution in [3.63, 3.8) is 0 Å². The maximum Gasteiger partial charge on any atom is 0.265 e. The Morgan fingerprint density at radius 3 is 2.58 bits per heavy atom. The Hall–Kier alpha value is -4.19. The summed E-state index contributed by atoms with van der Waals surface area (Å²) < 4.78 is 18.4. The fraction of sp³-hybridized carbons (Fsp3) is 0.324. The Morgan fingerprint density at radius 2 is 1.89 bits per heavy atom. The number of aliphatic hydroxyl groups is 1. The molecule has 0 bridgehead atoms. The molecule has 7 rings (SSSR count). The molecule has 0 fully saturated rings. The minimum absolute atomic E-state index is 0.0547. The van der Waals surface area contributed by atoms with Crippen molar-refractivity contribution in [1.82, 2.24) is 10.1 Å². The number of halogens is 1. The number of ketones is 2. The van der Waals surface area contributed by atoms with Crippen LogP contribution in [0.15, 0.2) is 74.0 Å². The van der Waals surface area contributed by atoms with E-state index in [0.717, 1.165) is 31.9 Å². The predicted octanol–water partition coefficient (Wildman–Crippen LogP) is 6.11. The van der Waals surface area contributed by atoms with Crippen LogP contribution in [0.4, 0.5) is 0 Å². The van der Waals surface area contributed by atoms with Gasteiger partial charge in [0, 0.05) is 32.5 Å². The highest BCUT2D eigenvalue weighted by Gasteiger charge is 2.64. The number of fused-ring (bicyclic) bond motifs is 5. The summed E-state index contributed by atoms with van der Waals surface area (Å²) in [6.45, 7) is 1.96. The monoisotopic (exact) mass is 671 g/mol. The third kappa shape index (κ3) is 4.17. The van der Waals surface area contributed by atoms with Gasteiger partial charge in [-0.2, -0.15) is 0 Å². The Kier molecular flexibility index (Phi) is 7.03. The minimum atomic E-state index is -2.41. The van der Waals surface area contributed by atoms with E-state index in [9.17, 15) is 19.6 Å². The van der Waals surface area contributed by atoms with Gasteiger partial charge in [-0.1, -0.05) is 46.3 Å². The molecule has 0 saturated heterocycles. The predicted molar refractivity (Wildman–Crippen MR) is 168 cm³/mol. The number of benzene rings is 3. The first-order chi connectivity index (χ1) is 21.6. The lowest BCUT2D eigenvalue weighted by molar-refractivity contribution is -0.0348. The van der Waals surface area contributed by atoms with E-state index in [1.807, 2.05) is 60.4 Å². The van der Waals surface area contributed by atoms with E-state index in [-0.39, 0.29) is 35.8 Å². The van der Waals surface area contributed by atoms with E-state index in [1.54, 1.807) is 21.2 Å². The third-order valence-corrected chi connectivity index (χ3v) is 10.1. The third-order valence-electron chi connectivity index (χ3n) is 9.58. The highest BCUT2D eigenvalue weighted by molar-refractivity contribution is 9.10. The summed E-state index contributed by atoms with van der Waals surface area (Å²) in [4.78, 5) is 43.5. The molecule has 0 spiro atoms. The molecule has 1 aromatic heterocycles. The maximum atomic E-state index is 14.5. The second kappa shape index (κ2) is 10.7. The number of carbonyl (C=O) groups excluding carboxylic acids is 2. The summed E-state index contributed by atoms with van der Waals surface area (Å²) in [6, 6.07) is 14.5. The zero-order valence-electron chi connectivity index (χ0n) is 25.1. The van der Waals surface area contributed by atoms with Crippen LogP contribution in [0.2, 0.25) is 0 Å². The van der Waals surface area contributed by atoms with E-state index in [0.29, 0.717) is 17.7 Å². The molecule has 1 heterocycles. The highest BCUT2D eigenvalue weighted by atomic mass is 79.9. The number of hydrogen-bond donors (Lipinski definition) is 1. The molecule has 0 saturated carbocycles. The van der Waals surface area contributed by atoms with Gasteiger partial charge in [-0.25, -0.2) is 0 Å². The molecule has 0 aliphatic heterocycles. The number of rotatable bonds is 6. The van der Waals surface area contributed by atoms with Gasteiger partial charge in [-0.05, 0) is 84.8 Å². The number of hydrogen-bond acceptors (Lipinski definition) is 10. The van der Waals surface area contributed by atoms with Crippen LogP contribution in [0.3, 0.4) is 0 Å². The van der Waals surface area contributed by atoms with Crippen LogP contribution in [-0.2, 0) is 13.0 Å². The number of ether oxygens (including phenoxy) is 2. The molecule has 3 aromatic carbocycles. The Labute approximate surface area is 267 Å². The first-order valence-corrected chi connectivity index (χ1v) is 15.4. The number of aromatic nitrogens is 1. The van der Waals surface area contributed by atoms with Gasteiger partial charge in [-0.15, -0.1) is 4.91 Å². The Bertz CT molecular complexity index is 1950. The van der Waals surface area contributed by atoms with Crippen LogP contribution in [0.1, 0.15) is 55.6 Å². The van der Waals surface area contributed by atoms with Gasteiger partial charge in [0.05, 0.1) is 13.2 Å². The van der Waals surface area contributed by atoms with E-state index in [1.165, 1.54) is 0 Å². The summed E-state index contributed by atoms with van der Waals surface area (Å²) in [5.41, 5.74) is -0.156. The van der Waals surface area contributed by atoms with E-state index in [2.05, 4.69) is 26.3 Å². The van der Waals surface area contributed by atoms with Crippen molar-refractivity contribution in [2.45, 2.75) is 38.0 Å². The summed E-state index contributed by atoms with van der Waals surface area (Å²) in [6.07, 6.45) is 0.576. The topological polar surface area (TPSA) is 132 Å². The lowest BCUT2D eigenvalue weighted by Gasteiger charge is -2.49. The average molecular weight is 673 g/mol. The van der Waals surface area contributed by atoms with Crippen molar-refractivity contribution >= 4 is 38.3 Å². The lowest BCUT2D eigenvalue weighted by atomic mass is 9.58. The molecular weight excluding hydrogens is 642 g/mol. The number of nitrogens with zero attached hydrogens (tertiary/aromatic N) is 3. The van der Waals surface area contributed by atoms with Crippen molar-refractivity contribution < 1.29 is 28.7 Å². The molecule has 230 valence electrons. The summed E-state index contributed by atoms with van der Waals surface area (Å²) in [7, 11) is 5.16. The molecule has 11 heteroatoms. The second-order valence-corrected chi connectivity index (χ2v) is 13.0. The maximum absolute atomic E-state index is 14.5. The first-order valence-electron chi connectivity index (χ1n) is 14.6. The van der Waals surface area contributed by atoms with Crippen molar-refractivity contribution in [2.24, 2.45) is 17.0 Å². The van der Waals surface area contributed by atoms with Gasteiger partial charge < -0.3 is 19.1 Å². The van der Waals surface area contributed by atoms with E-state index in [4.69, 9.17) is 14.0 Å². The Balaban J connectivity index is 1.40. The largest absolute Gasteiger partial charge is 0.496 e. The van der Waals surface area contributed by atoms with Crippen LogP contribution in [0.25, 0.3) is 10.8 Å². The molecular formula is C34H30BrN3O7. The van der Waals surface area contributed by atoms with Crippen LogP contribution in [-0.4, -0.2) is 53.5 Å². The van der Waals surface area contributed by atoms with Crippen LogP contribution >= 0.6 is 15.9 Å². The Morgan fingerprint density at radius 1 is 1.13 bits per heavy atom. The van der Waals surface area contributed by atoms with Gasteiger partial charge in [0.25, 0.3) is 5.88 Å². The fourth-order valence-electron chi connectivity index (χ4n) is 7.67.